The van der Waals surface area contributed by atoms with Crippen LogP contribution in [0.5, 0.6) is 11.5 Å². The van der Waals surface area contributed by atoms with Gasteiger partial charge < -0.3 is 19.5 Å². The highest BCUT2D eigenvalue weighted by atomic mass is 19.1. The van der Waals surface area contributed by atoms with Crippen LogP contribution in [-0.4, -0.2) is 35.9 Å². The van der Waals surface area contributed by atoms with Gasteiger partial charge in [-0.25, -0.2) is 14.2 Å². The van der Waals surface area contributed by atoms with Crippen molar-refractivity contribution >= 4 is 6.09 Å². The van der Waals surface area contributed by atoms with Crippen molar-refractivity contribution in [1.29, 1.82) is 5.26 Å². The van der Waals surface area contributed by atoms with Crippen LogP contribution in [0, 0.1) is 23.0 Å². The molecule has 0 unspecified atom stereocenters. The Morgan fingerprint density at radius 3 is 2.17 bits per heavy atom. The number of carbonyl (C=O) groups is 1. The molecule has 0 saturated carbocycles. The number of nitrogens with one attached hydrogen (secondary N) is 1. The molecule has 0 radical (unpaired) electrons. The number of methoxy groups -OCH3 is 2. The number of halogens is 2. The molecule has 2 rings (SSSR count). The fourth-order valence-corrected chi connectivity index (χ4v) is 1.88. The first kappa shape index (κ1) is 23.6. The van der Waals surface area contributed by atoms with E-state index >= 15 is 0 Å². The minimum absolute atomic E-state index is 0.0385. The van der Waals surface area contributed by atoms with Gasteiger partial charge in [-0.3, -0.25) is 4.98 Å². The Balaban J connectivity index is 0.000000326. The molecule has 1 N–H and O–H groups in total. The summed E-state index contributed by atoms with van der Waals surface area (Å²) in [6.45, 7) is 5.18. The summed E-state index contributed by atoms with van der Waals surface area (Å²) in [5.41, 5.74) is -0.741. The molecule has 2 heterocycles. The molecule has 0 atom stereocenters. The molecule has 0 aromatic carbocycles. The lowest BCUT2D eigenvalue weighted by Gasteiger charge is -2.19. The van der Waals surface area contributed by atoms with E-state index in [-0.39, 0.29) is 29.4 Å². The van der Waals surface area contributed by atoms with Crippen molar-refractivity contribution in [3.05, 3.63) is 47.5 Å². The maximum absolute atomic E-state index is 13.7. The number of amides is 1. The van der Waals surface area contributed by atoms with Crippen LogP contribution >= 0.6 is 0 Å². The molecule has 2 aromatic rings. The Kier molecular flexibility index (Phi) is 8.73. The average Bonchev–Trinajstić information content (AvgIpc) is 2.66. The Bertz CT molecular complexity index is 879. The standard InChI is InChI=1S/C12H17FN2O3.C7H5FN2O/c1-12(2,3)18-11(16)15-7-8-10(13)9(17-4)5-6-14-8;1-11-6-2-3-10-5(4-9)7(6)8/h5-6H,7H2,1-4H3,(H,15,16);2-3H,1H3. The van der Waals surface area contributed by atoms with Gasteiger partial charge in [-0.05, 0) is 20.8 Å². The lowest BCUT2D eigenvalue weighted by atomic mass is 10.2. The second kappa shape index (κ2) is 10.8. The molecule has 29 heavy (non-hydrogen) atoms. The SMILES string of the molecule is COc1ccnc(C#N)c1F.COc1ccnc(CNC(=O)OC(C)(C)C)c1F. The van der Waals surface area contributed by atoms with Crippen molar-refractivity contribution in [2.24, 2.45) is 0 Å². The van der Waals surface area contributed by atoms with Crippen LogP contribution in [0.4, 0.5) is 13.6 Å². The molecule has 156 valence electrons. The number of carbonyl (C=O) groups excluding carboxylic acids is 1. The van der Waals surface area contributed by atoms with Crippen LogP contribution in [-0.2, 0) is 11.3 Å². The molecule has 0 aliphatic heterocycles. The summed E-state index contributed by atoms with van der Waals surface area (Å²) < 4.78 is 41.0. The van der Waals surface area contributed by atoms with E-state index < -0.39 is 23.3 Å². The summed E-state index contributed by atoms with van der Waals surface area (Å²) in [6.07, 6.45) is 2.11. The summed E-state index contributed by atoms with van der Waals surface area (Å²) in [5.74, 6) is -1.17. The lowest BCUT2D eigenvalue weighted by molar-refractivity contribution is 0.0522. The largest absolute Gasteiger partial charge is 0.494 e. The number of rotatable bonds is 4. The number of aromatic nitrogens is 2. The fraction of sp³-hybridized carbons (Fsp3) is 0.368. The predicted octanol–water partition coefficient (Wildman–Crippen LogP) is 3.35. The minimum Gasteiger partial charge on any atom is -0.494 e. The molecule has 10 heteroatoms. The van der Waals surface area contributed by atoms with Gasteiger partial charge in [0.15, 0.2) is 23.0 Å². The summed E-state index contributed by atoms with van der Waals surface area (Å²) in [7, 11) is 2.70. The number of hydrogen-bond acceptors (Lipinski definition) is 7. The first-order valence-corrected chi connectivity index (χ1v) is 8.35. The number of pyridine rings is 2. The zero-order valence-electron chi connectivity index (χ0n) is 16.7. The van der Waals surface area contributed by atoms with Crippen LogP contribution in [0.15, 0.2) is 24.5 Å². The number of alkyl carbamates (subject to hydrolysis) is 1. The maximum atomic E-state index is 13.7. The van der Waals surface area contributed by atoms with E-state index in [4.69, 9.17) is 14.7 Å². The van der Waals surface area contributed by atoms with Crippen molar-refractivity contribution in [2.75, 3.05) is 14.2 Å². The Hall–Kier alpha value is -3.48. The third-order valence-corrected chi connectivity index (χ3v) is 3.12. The molecular weight excluding hydrogens is 386 g/mol. The summed E-state index contributed by atoms with van der Waals surface area (Å²) in [5, 5.41) is 10.8. The summed E-state index contributed by atoms with van der Waals surface area (Å²) in [4.78, 5) is 18.7. The van der Waals surface area contributed by atoms with Crippen LogP contribution in [0.3, 0.4) is 0 Å². The van der Waals surface area contributed by atoms with Crippen molar-refractivity contribution < 1.29 is 27.8 Å². The van der Waals surface area contributed by atoms with Crippen molar-refractivity contribution in [2.45, 2.75) is 32.9 Å². The maximum Gasteiger partial charge on any atom is 0.407 e. The van der Waals surface area contributed by atoms with E-state index in [1.54, 1.807) is 26.8 Å². The first-order chi connectivity index (χ1) is 13.6. The van der Waals surface area contributed by atoms with Gasteiger partial charge >= 0.3 is 6.09 Å². The third kappa shape index (κ3) is 7.57. The third-order valence-electron chi connectivity index (χ3n) is 3.12. The average molecular weight is 408 g/mol. The number of ether oxygens (including phenoxy) is 3. The van der Waals surface area contributed by atoms with E-state index in [1.807, 2.05) is 0 Å². The lowest BCUT2D eigenvalue weighted by Crippen LogP contribution is -2.32. The molecule has 1 amide bonds. The van der Waals surface area contributed by atoms with Gasteiger partial charge in [0.25, 0.3) is 0 Å². The van der Waals surface area contributed by atoms with Gasteiger partial charge in [-0.2, -0.15) is 9.65 Å². The topological polar surface area (TPSA) is 106 Å². The van der Waals surface area contributed by atoms with E-state index in [0.717, 1.165) is 0 Å². The van der Waals surface area contributed by atoms with E-state index in [0.29, 0.717) is 0 Å². The quantitative estimate of drug-likeness (QED) is 0.827. The van der Waals surface area contributed by atoms with Crippen molar-refractivity contribution in [1.82, 2.24) is 15.3 Å². The van der Waals surface area contributed by atoms with Gasteiger partial charge in [0.2, 0.25) is 5.82 Å². The molecule has 8 nitrogen and oxygen atoms in total. The highest BCUT2D eigenvalue weighted by molar-refractivity contribution is 5.67. The Labute approximate surface area is 167 Å². The molecule has 0 aliphatic rings. The molecule has 0 fully saturated rings. The molecule has 0 saturated heterocycles. The highest BCUT2D eigenvalue weighted by Gasteiger charge is 2.17. The molecule has 2 aromatic heterocycles. The second-order valence-electron chi connectivity index (χ2n) is 6.42. The fourth-order valence-electron chi connectivity index (χ4n) is 1.88. The summed E-state index contributed by atoms with van der Waals surface area (Å²) in [6, 6.07) is 4.37. The van der Waals surface area contributed by atoms with Crippen LogP contribution in [0.1, 0.15) is 32.2 Å². The smallest absolute Gasteiger partial charge is 0.407 e. The molecule has 0 spiro atoms. The van der Waals surface area contributed by atoms with Crippen LogP contribution < -0.4 is 14.8 Å². The van der Waals surface area contributed by atoms with Gasteiger partial charge in [-0.1, -0.05) is 0 Å². The molecular formula is C19H22F2N4O4. The normalized spacial score (nSPS) is 10.1. The van der Waals surface area contributed by atoms with Crippen LogP contribution in [0.2, 0.25) is 0 Å². The Morgan fingerprint density at radius 2 is 1.66 bits per heavy atom. The van der Waals surface area contributed by atoms with E-state index in [2.05, 4.69) is 20.0 Å². The Morgan fingerprint density at radius 1 is 1.10 bits per heavy atom. The van der Waals surface area contributed by atoms with Gasteiger partial charge in [0.05, 0.1) is 26.5 Å². The summed E-state index contributed by atoms with van der Waals surface area (Å²) >= 11 is 0. The second-order valence-corrected chi connectivity index (χ2v) is 6.42. The van der Waals surface area contributed by atoms with Gasteiger partial charge in [0.1, 0.15) is 11.7 Å². The van der Waals surface area contributed by atoms with Crippen LogP contribution in [0.25, 0.3) is 0 Å². The highest BCUT2D eigenvalue weighted by Crippen LogP contribution is 2.18. The van der Waals surface area contributed by atoms with E-state index in [1.165, 1.54) is 38.7 Å². The van der Waals surface area contributed by atoms with Gasteiger partial charge in [-0.15, -0.1) is 0 Å². The first-order valence-electron chi connectivity index (χ1n) is 8.35. The predicted molar refractivity (Wildman–Crippen MR) is 99.3 cm³/mol. The van der Waals surface area contributed by atoms with E-state index in [9.17, 15) is 13.6 Å². The van der Waals surface area contributed by atoms with Gasteiger partial charge in [0, 0.05) is 24.5 Å². The monoisotopic (exact) mass is 408 g/mol. The van der Waals surface area contributed by atoms with Crippen molar-refractivity contribution in [3.8, 4) is 17.6 Å². The zero-order chi connectivity index (χ0) is 22.0. The van der Waals surface area contributed by atoms with Crippen molar-refractivity contribution in [3.63, 3.8) is 0 Å². The number of nitrogens with zero attached hydrogens (tertiary/aromatic N) is 3. The molecule has 0 aliphatic carbocycles. The minimum atomic E-state index is -0.711. The number of nitriles is 1. The zero-order valence-corrected chi connectivity index (χ0v) is 16.7. The molecule has 0 bridgehead atoms. The number of hydrogen-bond donors (Lipinski definition) is 1.